The van der Waals surface area contributed by atoms with Crippen LogP contribution in [0.3, 0.4) is 0 Å². The van der Waals surface area contributed by atoms with Gasteiger partial charge in [-0.05, 0) is 25.1 Å². The molecule has 0 bridgehead atoms. The zero-order chi connectivity index (χ0) is 21.1. The highest BCUT2D eigenvalue weighted by atomic mass is 16.5. The molecular weight excluding hydrogens is 382 g/mol. The SMILES string of the molecule is Cc1noc2nc(-c3ccccc3)cc(C(=O)OCC(=O)N(C)c3ccccc3)c12. The van der Waals surface area contributed by atoms with Gasteiger partial charge >= 0.3 is 5.97 Å². The van der Waals surface area contributed by atoms with E-state index in [2.05, 4.69) is 10.1 Å². The van der Waals surface area contributed by atoms with Crippen molar-refractivity contribution in [2.45, 2.75) is 6.92 Å². The Morgan fingerprint density at radius 1 is 1.03 bits per heavy atom. The number of rotatable bonds is 5. The predicted octanol–water partition coefficient (Wildman–Crippen LogP) is 4.02. The zero-order valence-electron chi connectivity index (χ0n) is 16.5. The van der Waals surface area contributed by atoms with E-state index >= 15 is 0 Å². The third kappa shape index (κ3) is 3.77. The van der Waals surface area contributed by atoms with Crippen molar-refractivity contribution in [3.05, 3.63) is 78.0 Å². The molecule has 0 aliphatic rings. The van der Waals surface area contributed by atoms with Crippen molar-refractivity contribution in [3.8, 4) is 11.3 Å². The van der Waals surface area contributed by atoms with E-state index in [9.17, 15) is 9.59 Å². The summed E-state index contributed by atoms with van der Waals surface area (Å²) < 4.78 is 10.6. The molecule has 2 aromatic carbocycles. The van der Waals surface area contributed by atoms with Crippen LogP contribution in [0.4, 0.5) is 5.69 Å². The average Bonchev–Trinajstić information content (AvgIpc) is 3.18. The van der Waals surface area contributed by atoms with Gasteiger partial charge in [0.2, 0.25) is 0 Å². The van der Waals surface area contributed by atoms with Crippen LogP contribution < -0.4 is 4.90 Å². The van der Waals surface area contributed by atoms with Gasteiger partial charge in [-0.1, -0.05) is 53.7 Å². The fourth-order valence-corrected chi connectivity index (χ4v) is 3.11. The van der Waals surface area contributed by atoms with Gasteiger partial charge in [0.25, 0.3) is 11.6 Å². The second-order valence-electron chi connectivity index (χ2n) is 6.73. The van der Waals surface area contributed by atoms with Gasteiger partial charge in [-0.15, -0.1) is 0 Å². The average molecular weight is 401 g/mol. The van der Waals surface area contributed by atoms with Crippen LogP contribution in [0.15, 0.2) is 71.3 Å². The minimum atomic E-state index is -0.638. The van der Waals surface area contributed by atoms with Crippen molar-refractivity contribution in [2.24, 2.45) is 0 Å². The number of likely N-dealkylation sites (N-methyl/N-ethyl adjacent to an activating group) is 1. The Bertz CT molecular complexity index is 1200. The van der Waals surface area contributed by atoms with Gasteiger partial charge in [0.15, 0.2) is 6.61 Å². The lowest BCUT2D eigenvalue weighted by Gasteiger charge is -2.17. The molecule has 0 N–H and O–H groups in total. The lowest BCUT2D eigenvalue weighted by Crippen LogP contribution is -2.31. The molecule has 7 nitrogen and oxygen atoms in total. The van der Waals surface area contributed by atoms with Crippen LogP contribution in [0.25, 0.3) is 22.4 Å². The van der Waals surface area contributed by atoms with Crippen LogP contribution >= 0.6 is 0 Å². The predicted molar refractivity (Wildman–Crippen MR) is 112 cm³/mol. The molecule has 4 aromatic rings. The summed E-state index contributed by atoms with van der Waals surface area (Å²) in [5.41, 5.74) is 3.12. The number of amides is 1. The summed E-state index contributed by atoms with van der Waals surface area (Å²) in [4.78, 5) is 31.2. The zero-order valence-corrected chi connectivity index (χ0v) is 16.5. The van der Waals surface area contributed by atoms with Crippen LogP contribution in [0.1, 0.15) is 16.1 Å². The maximum atomic E-state index is 12.9. The summed E-state index contributed by atoms with van der Waals surface area (Å²) in [6.07, 6.45) is 0. The first kappa shape index (κ1) is 19.3. The van der Waals surface area contributed by atoms with Crippen molar-refractivity contribution in [1.29, 1.82) is 0 Å². The molecule has 0 fully saturated rings. The molecule has 0 radical (unpaired) electrons. The number of carbonyl (C=O) groups is 2. The number of fused-ring (bicyclic) bond motifs is 1. The molecule has 1 amide bonds. The van der Waals surface area contributed by atoms with Gasteiger partial charge in [-0.2, -0.15) is 0 Å². The van der Waals surface area contributed by atoms with Crippen LogP contribution in [0, 0.1) is 6.92 Å². The number of ether oxygens (including phenoxy) is 1. The summed E-state index contributed by atoms with van der Waals surface area (Å²) >= 11 is 0. The fourth-order valence-electron chi connectivity index (χ4n) is 3.11. The first-order chi connectivity index (χ1) is 14.5. The minimum Gasteiger partial charge on any atom is -0.452 e. The van der Waals surface area contributed by atoms with E-state index in [4.69, 9.17) is 9.26 Å². The smallest absolute Gasteiger partial charge is 0.339 e. The van der Waals surface area contributed by atoms with Crippen LogP contribution in [0.2, 0.25) is 0 Å². The molecule has 2 aromatic heterocycles. The topological polar surface area (TPSA) is 85.5 Å². The quantitative estimate of drug-likeness (QED) is 0.470. The third-order valence-electron chi connectivity index (χ3n) is 4.75. The van der Waals surface area contributed by atoms with Crippen molar-refractivity contribution < 1.29 is 18.8 Å². The molecule has 4 rings (SSSR count). The van der Waals surface area contributed by atoms with E-state index in [1.807, 2.05) is 48.5 Å². The van der Waals surface area contributed by atoms with E-state index in [1.54, 1.807) is 32.2 Å². The van der Waals surface area contributed by atoms with Crippen molar-refractivity contribution >= 4 is 28.7 Å². The number of hydrogen-bond donors (Lipinski definition) is 0. The number of nitrogens with zero attached hydrogens (tertiary/aromatic N) is 3. The van der Waals surface area contributed by atoms with E-state index in [0.29, 0.717) is 22.5 Å². The van der Waals surface area contributed by atoms with Gasteiger partial charge in [0.1, 0.15) is 0 Å². The number of aromatic nitrogens is 2. The summed E-state index contributed by atoms with van der Waals surface area (Å²) in [7, 11) is 1.63. The maximum absolute atomic E-state index is 12.9. The van der Waals surface area contributed by atoms with Gasteiger partial charge < -0.3 is 14.2 Å². The molecule has 7 heteroatoms. The number of para-hydroxylation sites is 1. The molecule has 0 atom stereocenters. The highest BCUT2D eigenvalue weighted by Crippen LogP contribution is 2.27. The second-order valence-corrected chi connectivity index (χ2v) is 6.73. The highest BCUT2D eigenvalue weighted by molar-refractivity contribution is 6.05. The molecular formula is C23H19N3O4. The Balaban J connectivity index is 1.59. The third-order valence-corrected chi connectivity index (χ3v) is 4.75. The first-order valence-corrected chi connectivity index (χ1v) is 9.36. The molecule has 150 valence electrons. The number of hydrogen-bond acceptors (Lipinski definition) is 6. The van der Waals surface area contributed by atoms with E-state index < -0.39 is 5.97 Å². The number of anilines is 1. The molecule has 0 aliphatic carbocycles. The van der Waals surface area contributed by atoms with E-state index in [1.165, 1.54) is 4.90 Å². The fraction of sp³-hybridized carbons (Fsp3) is 0.130. The van der Waals surface area contributed by atoms with Crippen LogP contribution in [0.5, 0.6) is 0 Å². The normalized spacial score (nSPS) is 10.7. The van der Waals surface area contributed by atoms with Crippen molar-refractivity contribution in [3.63, 3.8) is 0 Å². The Morgan fingerprint density at radius 2 is 1.70 bits per heavy atom. The maximum Gasteiger partial charge on any atom is 0.339 e. The summed E-state index contributed by atoms with van der Waals surface area (Å²) in [5, 5.41) is 4.39. The Morgan fingerprint density at radius 3 is 2.40 bits per heavy atom. The first-order valence-electron chi connectivity index (χ1n) is 9.36. The molecule has 0 aliphatic heterocycles. The Kier molecular flexibility index (Phi) is 5.26. The number of benzene rings is 2. The number of carbonyl (C=O) groups excluding carboxylic acids is 2. The molecule has 0 spiro atoms. The minimum absolute atomic E-state index is 0.244. The van der Waals surface area contributed by atoms with Gasteiger partial charge in [-0.3, -0.25) is 4.79 Å². The summed E-state index contributed by atoms with van der Waals surface area (Å²) in [6, 6.07) is 20.2. The molecule has 0 saturated carbocycles. The molecule has 2 heterocycles. The van der Waals surface area contributed by atoms with Crippen molar-refractivity contribution in [2.75, 3.05) is 18.6 Å². The van der Waals surface area contributed by atoms with Gasteiger partial charge in [0.05, 0.1) is 22.3 Å². The second kappa shape index (κ2) is 8.16. The van der Waals surface area contributed by atoms with Gasteiger partial charge in [0, 0.05) is 18.3 Å². The summed E-state index contributed by atoms with van der Waals surface area (Å²) in [6.45, 7) is 1.33. The molecule has 0 saturated heterocycles. The number of esters is 1. The van der Waals surface area contributed by atoms with Crippen LogP contribution in [-0.2, 0) is 9.53 Å². The van der Waals surface area contributed by atoms with E-state index in [0.717, 1.165) is 5.56 Å². The largest absolute Gasteiger partial charge is 0.452 e. The van der Waals surface area contributed by atoms with Crippen LogP contribution in [-0.4, -0.2) is 35.7 Å². The molecule has 30 heavy (non-hydrogen) atoms. The van der Waals surface area contributed by atoms with Crippen molar-refractivity contribution in [1.82, 2.24) is 10.1 Å². The Labute approximate surface area is 172 Å². The van der Waals surface area contributed by atoms with E-state index in [-0.39, 0.29) is 23.8 Å². The number of aryl methyl sites for hydroxylation is 1. The number of pyridine rings is 1. The monoisotopic (exact) mass is 401 g/mol. The summed E-state index contributed by atoms with van der Waals surface area (Å²) in [5.74, 6) is -0.981. The highest BCUT2D eigenvalue weighted by Gasteiger charge is 2.22. The lowest BCUT2D eigenvalue weighted by molar-refractivity contribution is -0.121. The standard InChI is InChI=1S/C23H19N3O4/c1-15-21-18(13-19(24-22(21)30-25-15)16-9-5-3-6-10-16)23(28)29-14-20(27)26(2)17-11-7-4-8-12-17/h3-13H,14H2,1-2H3. The lowest BCUT2D eigenvalue weighted by atomic mass is 10.1. The molecule has 0 unspecified atom stereocenters. The van der Waals surface area contributed by atoms with Gasteiger partial charge in [-0.25, -0.2) is 9.78 Å². The Hall–Kier alpha value is -4.00.